The molecule has 0 fully saturated rings. The van der Waals surface area contributed by atoms with Crippen molar-refractivity contribution in [3.8, 4) is 5.75 Å². The monoisotopic (exact) mass is 178 g/mol. The van der Waals surface area contributed by atoms with Crippen LogP contribution in [0.15, 0.2) is 24.3 Å². The van der Waals surface area contributed by atoms with Crippen LogP contribution in [-0.2, 0) is 0 Å². The zero-order valence-electron chi connectivity index (χ0n) is 7.23. The molecule has 13 heavy (non-hydrogen) atoms. The van der Waals surface area contributed by atoms with Crippen molar-refractivity contribution in [2.24, 2.45) is 5.92 Å². The number of rotatable bonds is 0. The summed E-state index contributed by atoms with van der Waals surface area (Å²) in [5, 5.41) is 9.35. The summed E-state index contributed by atoms with van der Waals surface area (Å²) < 4.78 is 5.15. The van der Waals surface area contributed by atoms with Gasteiger partial charge in [0.1, 0.15) is 5.75 Å². The van der Waals surface area contributed by atoms with Gasteiger partial charge in [-0.25, -0.2) is 0 Å². The van der Waals surface area contributed by atoms with Gasteiger partial charge in [0.2, 0.25) is 6.29 Å². The smallest absolute Gasteiger partial charge is 0.207 e. The van der Waals surface area contributed by atoms with E-state index in [0.717, 1.165) is 0 Å². The second-order valence-electron chi connectivity index (χ2n) is 3.16. The molecule has 1 heterocycles. The van der Waals surface area contributed by atoms with Gasteiger partial charge in [-0.05, 0) is 19.1 Å². The second-order valence-corrected chi connectivity index (χ2v) is 3.16. The Balaban J connectivity index is 2.49. The van der Waals surface area contributed by atoms with Crippen molar-refractivity contribution >= 4 is 5.78 Å². The molecule has 0 radical (unpaired) electrons. The third-order valence-corrected chi connectivity index (χ3v) is 2.24. The Morgan fingerprint density at radius 3 is 2.85 bits per heavy atom. The average Bonchev–Trinajstić information content (AvgIpc) is 2.15. The topological polar surface area (TPSA) is 46.5 Å². The third kappa shape index (κ3) is 1.21. The number of ether oxygens (including phenoxy) is 1. The van der Waals surface area contributed by atoms with Gasteiger partial charge in [-0.1, -0.05) is 12.1 Å². The molecule has 3 heteroatoms. The molecule has 3 nitrogen and oxygen atoms in total. The molecule has 0 aliphatic carbocycles. The molecular formula is C10H10O3. The van der Waals surface area contributed by atoms with E-state index in [1.54, 1.807) is 31.2 Å². The van der Waals surface area contributed by atoms with Crippen LogP contribution in [0.1, 0.15) is 17.3 Å². The first-order valence-electron chi connectivity index (χ1n) is 4.18. The van der Waals surface area contributed by atoms with Crippen LogP contribution in [0.25, 0.3) is 0 Å². The number of fused-ring (bicyclic) bond motifs is 1. The summed E-state index contributed by atoms with van der Waals surface area (Å²) >= 11 is 0. The number of aliphatic hydroxyl groups is 1. The molecule has 2 atom stereocenters. The maximum atomic E-state index is 11.6. The maximum absolute atomic E-state index is 11.6. The predicted octanol–water partition coefficient (Wildman–Crippen LogP) is 1.22. The van der Waals surface area contributed by atoms with Crippen molar-refractivity contribution in [1.82, 2.24) is 0 Å². The molecule has 1 aliphatic heterocycles. The molecule has 2 rings (SSSR count). The van der Waals surface area contributed by atoms with Crippen LogP contribution in [0.4, 0.5) is 0 Å². The highest BCUT2D eigenvalue weighted by Gasteiger charge is 2.31. The van der Waals surface area contributed by atoms with Crippen molar-refractivity contribution in [1.29, 1.82) is 0 Å². The first kappa shape index (κ1) is 8.26. The van der Waals surface area contributed by atoms with Crippen LogP contribution in [0.5, 0.6) is 5.75 Å². The zero-order chi connectivity index (χ0) is 9.42. The first-order valence-corrected chi connectivity index (χ1v) is 4.18. The second kappa shape index (κ2) is 2.85. The molecule has 0 saturated carbocycles. The summed E-state index contributed by atoms with van der Waals surface area (Å²) in [5.41, 5.74) is 0.556. The van der Waals surface area contributed by atoms with E-state index >= 15 is 0 Å². The summed E-state index contributed by atoms with van der Waals surface area (Å²) in [7, 11) is 0. The van der Waals surface area contributed by atoms with Crippen LogP contribution >= 0.6 is 0 Å². The molecular weight excluding hydrogens is 168 g/mol. The lowest BCUT2D eigenvalue weighted by molar-refractivity contribution is -0.0544. The van der Waals surface area contributed by atoms with Gasteiger partial charge in [0.25, 0.3) is 0 Å². The minimum absolute atomic E-state index is 0.0608. The maximum Gasteiger partial charge on any atom is 0.207 e. The highest BCUT2D eigenvalue weighted by molar-refractivity contribution is 6.01. The van der Waals surface area contributed by atoms with Crippen LogP contribution in [0.2, 0.25) is 0 Å². The van der Waals surface area contributed by atoms with Gasteiger partial charge in [0.05, 0.1) is 11.5 Å². The fourth-order valence-electron chi connectivity index (χ4n) is 1.38. The zero-order valence-corrected chi connectivity index (χ0v) is 7.23. The first-order chi connectivity index (χ1) is 6.20. The van der Waals surface area contributed by atoms with Gasteiger partial charge >= 0.3 is 0 Å². The highest BCUT2D eigenvalue weighted by Crippen LogP contribution is 2.29. The molecule has 0 aromatic heterocycles. The molecule has 68 valence electrons. The SMILES string of the molecule is C[C@@H]1C(=O)c2ccccc2O[C@@H]1O. The van der Waals surface area contributed by atoms with Gasteiger partial charge in [-0.2, -0.15) is 0 Å². The predicted molar refractivity (Wildman–Crippen MR) is 46.6 cm³/mol. The minimum Gasteiger partial charge on any atom is -0.464 e. The lowest BCUT2D eigenvalue weighted by atomic mass is 9.95. The lowest BCUT2D eigenvalue weighted by Gasteiger charge is -2.26. The molecule has 1 aromatic rings. The molecule has 1 aliphatic rings. The number of benzene rings is 1. The third-order valence-electron chi connectivity index (χ3n) is 2.24. The standard InChI is InChI=1S/C10H10O3/c1-6-9(11)7-4-2-3-5-8(7)13-10(6)12/h2-6,10,12H,1H3/t6-,10+/m1/s1. The van der Waals surface area contributed by atoms with E-state index in [4.69, 9.17) is 4.74 Å². The summed E-state index contributed by atoms with van der Waals surface area (Å²) in [4.78, 5) is 11.6. The van der Waals surface area contributed by atoms with E-state index < -0.39 is 12.2 Å². The number of aliphatic hydroxyl groups excluding tert-OH is 1. The molecule has 1 aromatic carbocycles. The molecule has 0 spiro atoms. The van der Waals surface area contributed by atoms with Crippen molar-refractivity contribution in [2.75, 3.05) is 0 Å². The van der Waals surface area contributed by atoms with Crippen LogP contribution in [0, 0.1) is 5.92 Å². The van der Waals surface area contributed by atoms with Crippen LogP contribution in [-0.4, -0.2) is 17.2 Å². The molecule has 0 amide bonds. The molecule has 0 unspecified atom stereocenters. The number of hydrogen-bond acceptors (Lipinski definition) is 3. The highest BCUT2D eigenvalue weighted by atomic mass is 16.6. The lowest BCUT2D eigenvalue weighted by Crippen LogP contribution is -2.35. The largest absolute Gasteiger partial charge is 0.464 e. The number of carbonyl (C=O) groups is 1. The Morgan fingerprint density at radius 1 is 1.38 bits per heavy atom. The number of para-hydroxylation sites is 1. The van der Waals surface area contributed by atoms with Gasteiger partial charge in [-0.15, -0.1) is 0 Å². The van der Waals surface area contributed by atoms with Gasteiger partial charge < -0.3 is 9.84 Å². The molecule has 0 bridgehead atoms. The van der Waals surface area contributed by atoms with E-state index in [1.807, 2.05) is 0 Å². The van der Waals surface area contributed by atoms with Crippen molar-refractivity contribution in [3.63, 3.8) is 0 Å². The number of hydrogen-bond donors (Lipinski definition) is 1. The van der Waals surface area contributed by atoms with Gasteiger partial charge in [0.15, 0.2) is 5.78 Å². The van der Waals surface area contributed by atoms with E-state index in [9.17, 15) is 9.90 Å². The fourth-order valence-corrected chi connectivity index (χ4v) is 1.38. The summed E-state index contributed by atoms with van der Waals surface area (Å²) in [6.45, 7) is 1.66. The van der Waals surface area contributed by atoms with E-state index in [1.165, 1.54) is 0 Å². The normalized spacial score (nSPS) is 26.5. The summed E-state index contributed by atoms with van der Waals surface area (Å²) in [6.07, 6.45) is -1.01. The summed E-state index contributed by atoms with van der Waals surface area (Å²) in [5.74, 6) is -0.0673. The Bertz CT molecular complexity index is 346. The van der Waals surface area contributed by atoms with Crippen LogP contribution in [0.3, 0.4) is 0 Å². The van der Waals surface area contributed by atoms with Crippen molar-refractivity contribution in [3.05, 3.63) is 29.8 Å². The van der Waals surface area contributed by atoms with E-state index in [2.05, 4.69) is 0 Å². The molecule has 1 N–H and O–H groups in total. The Morgan fingerprint density at radius 2 is 2.08 bits per heavy atom. The molecule has 0 saturated heterocycles. The van der Waals surface area contributed by atoms with Gasteiger partial charge in [-0.3, -0.25) is 4.79 Å². The van der Waals surface area contributed by atoms with E-state index in [0.29, 0.717) is 11.3 Å². The fraction of sp³-hybridized carbons (Fsp3) is 0.300. The number of carbonyl (C=O) groups excluding carboxylic acids is 1. The van der Waals surface area contributed by atoms with Crippen molar-refractivity contribution < 1.29 is 14.6 Å². The Kier molecular flexibility index (Phi) is 1.81. The van der Waals surface area contributed by atoms with Gasteiger partial charge in [0, 0.05) is 0 Å². The minimum atomic E-state index is -1.01. The number of ketones is 1. The van der Waals surface area contributed by atoms with Crippen LogP contribution < -0.4 is 4.74 Å². The number of Topliss-reactive ketones (excluding diaryl/α,β-unsaturated/α-hetero) is 1. The van der Waals surface area contributed by atoms with Crippen molar-refractivity contribution in [2.45, 2.75) is 13.2 Å². The average molecular weight is 178 g/mol. The Hall–Kier alpha value is -1.35. The Labute approximate surface area is 76.0 Å². The quantitative estimate of drug-likeness (QED) is 0.649. The van der Waals surface area contributed by atoms with E-state index in [-0.39, 0.29) is 5.78 Å². The summed E-state index contributed by atoms with van der Waals surface area (Å²) in [6, 6.07) is 6.95.